The lowest BCUT2D eigenvalue weighted by molar-refractivity contribution is -0.115. The molecule has 0 saturated heterocycles. The fraction of sp³-hybridized carbons (Fsp3) is 0.474. The Morgan fingerprint density at radius 1 is 1.17 bits per heavy atom. The molecule has 0 spiro atoms. The molecule has 1 N–H and O–H groups in total. The third-order valence-corrected chi connectivity index (χ3v) is 5.03. The number of carbonyl (C=O) groups excluding carboxylic acids is 1. The van der Waals surface area contributed by atoms with Crippen LogP contribution in [-0.2, 0) is 11.3 Å². The lowest BCUT2D eigenvalue weighted by Crippen LogP contribution is -2.23. The molecule has 1 aromatic heterocycles. The van der Waals surface area contributed by atoms with Crippen LogP contribution in [0.25, 0.3) is 0 Å². The minimum atomic E-state index is -0.210. The molecule has 24 heavy (non-hydrogen) atoms. The molecule has 0 aliphatic rings. The van der Waals surface area contributed by atoms with E-state index in [1.807, 2.05) is 45.0 Å². The highest BCUT2D eigenvalue weighted by Crippen LogP contribution is 2.27. The Balaban J connectivity index is 2.08. The second-order valence-corrected chi connectivity index (χ2v) is 7.99. The molecular weight excluding hydrogens is 318 g/mol. The van der Waals surface area contributed by atoms with E-state index in [-0.39, 0.29) is 11.2 Å². The van der Waals surface area contributed by atoms with Crippen LogP contribution >= 0.6 is 11.8 Å². The van der Waals surface area contributed by atoms with Gasteiger partial charge in [0.1, 0.15) is 0 Å². The van der Waals surface area contributed by atoms with Crippen LogP contribution in [0.1, 0.15) is 37.7 Å². The highest BCUT2D eigenvalue weighted by Gasteiger charge is 2.20. The Morgan fingerprint density at radius 2 is 1.79 bits per heavy atom. The maximum atomic E-state index is 12.5. The van der Waals surface area contributed by atoms with Crippen molar-refractivity contribution in [2.75, 3.05) is 5.32 Å². The van der Waals surface area contributed by atoms with Crippen LogP contribution in [0.4, 0.5) is 5.69 Å². The molecule has 2 rings (SSSR count). The van der Waals surface area contributed by atoms with Gasteiger partial charge in [0.2, 0.25) is 5.91 Å². The molecule has 0 aliphatic heterocycles. The van der Waals surface area contributed by atoms with Crippen LogP contribution in [0.2, 0.25) is 0 Å². The van der Waals surface area contributed by atoms with E-state index < -0.39 is 0 Å². The number of anilines is 1. The number of hydrogen-bond acceptors (Lipinski definition) is 3. The molecule has 2 aromatic rings. The van der Waals surface area contributed by atoms with E-state index in [4.69, 9.17) is 0 Å². The van der Waals surface area contributed by atoms with E-state index in [9.17, 15) is 4.79 Å². The van der Waals surface area contributed by atoms with Crippen molar-refractivity contribution in [1.29, 1.82) is 0 Å². The molecule has 0 aliphatic carbocycles. The zero-order valence-electron chi connectivity index (χ0n) is 15.4. The van der Waals surface area contributed by atoms with Crippen molar-refractivity contribution in [2.45, 2.75) is 58.5 Å². The minimum absolute atomic E-state index is 0.00161. The predicted octanol–water partition coefficient (Wildman–Crippen LogP) is 4.58. The number of aryl methyl sites for hydroxylation is 2. The largest absolute Gasteiger partial charge is 0.325 e. The van der Waals surface area contributed by atoms with Gasteiger partial charge in [-0.25, -0.2) is 4.98 Å². The van der Waals surface area contributed by atoms with E-state index >= 15 is 0 Å². The first-order chi connectivity index (χ1) is 11.3. The summed E-state index contributed by atoms with van der Waals surface area (Å²) in [4.78, 5) is 17.1. The molecule has 4 nitrogen and oxygen atoms in total. The molecule has 1 aromatic carbocycles. The number of hydrogen-bond donors (Lipinski definition) is 1. The van der Waals surface area contributed by atoms with E-state index in [1.165, 1.54) is 23.0 Å². The third-order valence-electron chi connectivity index (χ3n) is 3.94. The van der Waals surface area contributed by atoms with Gasteiger partial charge in [-0.05, 0) is 45.7 Å². The van der Waals surface area contributed by atoms with Crippen LogP contribution in [0.5, 0.6) is 0 Å². The van der Waals surface area contributed by atoms with Crippen LogP contribution in [0.15, 0.2) is 29.4 Å². The Labute approximate surface area is 149 Å². The maximum absolute atomic E-state index is 12.5. The van der Waals surface area contributed by atoms with Crippen LogP contribution < -0.4 is 5.32 Å². The standard InChI is InChI=1S/C19H27N3OS/c1-12(2)11-22-15(5)14(4)20-19(22)24-16(6)18(23)21-17-9-7-13(3)8-10-17/h7-10,12,16H,11H2,1-6H3,(H,21,23)/t16-/m0/s1. The molecule has 5 heteroatoms. The van der Waals surface area contributed by atoms with Gasteiger partial charge in [-0.3, -0.25) is 4.79 Å². The number of imidazole rings is 1. The first-order valence-electron chi connectivity index (χ1n) is 8.35. The molecule has 0 fully saturated rings. The Kier molecular flexibility index (Phi) is 6.10. The number of amides is 1. The quantitative estimate of drug-likeness (QED) is 0.779. The van der Waals surface area contributed by atoms with Gasteiger partial charge in [0.25, 0.3) is 0 Å². The first kappa shape index (κ1) is 18.6. The SMILES string of the molecule is Cc1ccc(NC(=O)[C@H](C)Sc2nc(C)c(C)n2CC(C)C)cc1. The molecular formula is C19H27N3OS. The second-order valence-electron chi connectivity index (χ2n) is 6.69. The van der Waals surface area contributed by atoms with Crippen molar-refractivity contribution in [3.05, 3.63) is 41.2 Å². The fourth-order valence-electron chi connectivity index (χ4n) is 2.39. The van der Waals surface area contributed by atoms with Crippen molar-refractivity contribution in [2.24, 2.45) is 5.92 Å². The maximum Gasteiger partial charge on any atom is 0.237 e. The normalized spacial score (nSPS) is 12.5. The molecule has 1 heterocycles. The van der Waals surface area contributed by atoms with Crippen LogP contribution in [0.3, 0.4) is 0 Å². The summed E-state index contributed by atoms with van der Waals surface area (Å²) in [7, 11) is 0. The minimum Gasteiger partial charge on any atom is -0.325 e. The summed E-state index contributed by atoms with van der Waals surface area (Å²) in [6.45, 7) is 13.4. The number of rotatable bonds is 6. The van der Waals surface area contributed by atoms with Gasteiger partial charge < -0.3 is 9.88 Å². The average molecular weight is 346 g/mol. The van der Waals surface area contributed by atoms with Gasteiger partial charge in [-0.15, -0.1) is 0 Å². The third kappa shape index (κ3) is 4.63. The molecule has 1 amide bonds. The smallest absolute Gasteiger partial charge is 0.237 e. The van der Waals surface area contributed by atoms with Gasteiger partial charge >= 0.3 is 0 Å². The molecule has 130 valence electrons. The molecule has 0 saturated carbocycles. The van der Waals surface area contributed by atoms with Crippen molar-refractivity contribution in [1.82, 2.24) is 9.55 Å². The van der Waals surface area contributed by atoms with Crippen molar-refractivity contribution in [3.8, 4) is 0 Å². The summed E-state index contributed by atoms with van der Waals surface area (Å²) in [5.74, 6) is 0.534. The number of benzene rings is 1. The number of thioether (sulfide) groups is 1. The van der Waals surface area contributed by atoms with E-state index in [0.29, 0.717) is 5.92 Å². The summed E-state index contributed by atoms with van der Waals surface area (Å²) >= 11 is 1.52. The van der Waals surface area contributed by atoms with Gasteiger partial charge in [-0.2, -0.15) is 0 Å². The fourth-order valence-corrected chi connectivity index (χ4v) is 3.40. The van der Waals surface area contributed by atoms with E-state index in [1.54, 1.807) is 0 Å². The first-order valence-corrected chi connectivity index (χ1v) is 9.23. The second kappa shape index (κ2) is 7.88. The highest BCUT2D eigenvalue weighted by molar-refractivity contribution is 8.00. The van der Waals surface area contributed by atoms with E-state index in [0.717, 1.165) is 23.1 Å². The number of nitrogens with zero attached hydrogens (tertiary/aromatic N) is 2. The number of carbonyl (C=O) groups is 1. The summed E-state index contributed by atoms with van der Waals surface area (Å²) in [6, 6.07) is 7.85. The summed E-state index contributed by atoms with van der Waals surface area (Å²) < 4.78 is 2.22. The average Bonchev–Trinajstić information content (AvgIpc) is 2.76. The van der Waals surface area contributed by atoms with Gasteiger partial charge in [0.05, 0.1) is 10.9 Å². The Bertz CT molecular complexity index is 704. The van der Waals surface area contributed by atoms with Gasteiger partial charge in [-0.1, -0.05) is 43.3 Å². The Morgan fingerprint density at radius 3 is 2.38 bits per heavy atom. The summed E-state index contributed by atoms with van der Waals surface area (Å²) in [5, 5.41) is 3.69. The van der Waals surface area contributed by atoms with E-state index in [2.05, 4.69) is 35.6 Å². The van der Waals surface area contributed by atoms with Crippen molar-refractivity contribution in [3.63, 3.8) is 0 Å². The van der Waals surface area contributed by atoms with Crippen LogP contribution in [0, 0.1) is 26.7 Å². The summed E-state index contributed by atoms with van der Waals surface area (Å²) in [6.07, 6.45) is 0. The monoisotopic (exact) mass is 345 g/mol. The molecule has 0 unspecified atom stereocenters. The van der Waals surface area contributed by atoms with Crippen molar-refractivity contribution >= 4 is 23.4 Å². The lowest BCUT2D eigenvalue weighted by atomic mass is 10.2. The zero-order valence-corrected chi connectivity index (χ0v) is 16.2. The summed E-state index contributed by atoms with van der Waals surface area (Å²) in [5.41, 5.74) is 4.22. The topological polar surface area (TPSA) is 46.9 Å². The number of nitrogens with one attached hydrogen (secondary N) is 1. The predicted molar refractivity (Wildman–Crippen MR) is 102 cm³/mol. The van der Waals surface area contributed by atoms with Crippen LogP contribution in [-0.4, -0.2) is 20.7 Å². The Hall–Kier alpha value is -1.75. The molecule has 1 atom stereocenters. The highest BCUT2D eigenvalue weighted by atomic mass is 32.2. The lowest BCUT2D eigenvalue weighted by Gasteiger charge is -2.15. The van der Waals surface area contributed by atoms with Crippen molar-refractivity contribution < 1.29 is 4.79 Å². The molecule has 0 bridgehead atoms. The number of aromatic nitrogens is 2. The van der Waals surface area contributed by atoms with Gasteiger partial charge in [0.15, 0.2) is 5.16 Å². The molecule has 0 radical (unpaired) electrons. The van der Waals surface area contributed by atoms with Gasteiger partial charge in [0, 0.05) is 17.9 Å². The zero-order chi connectivity index (χ0) is 17.9.